The third-order valence-corrected chi connectivity index (χ3v) is 3.99. The van der Waals surface area contributed by atoms with E-state index in [-0.39, 0.29) is 0 Å². The van der Waals surface area contributed by atoms with Gasteiger partial charge in [-0.15, -0.1) is 0 Å². The van der Waals surface area contributed by atoms with Crippen LogP contribution in [0.15, 0.2) is 0 Å². The zero-order chi connectivity index (χ0) is 16.9. The zero-order valence-corrected chi connectivity index (χ0v) is 17.1. The van der Waals surface area contributed by atoms with Gasteiger partial charge in [0, 0.05) is 6.42 Å². The molecule has 0 fully saturated rings. The Morgan fingerprint density at radius 1 is 0.636 bits per heavy atom. The van der Waals surface area contributed by atoms with Crippen LogP contribution in [-0.4, -0.2) is 34.1 Å². The molecule has 0 unspecified atom stereocenters. The average Bonchev–Trinajstić information content (AvgIpc) is 2.53. The molecule has 0 rings (SSSR count). The topological polar surface area (TPSA) is 54.4 Å². The van der Waals surface area contributed by atoms with Crippen LogP contribution in [0.4, 0.5) is 0 Å². The minimum absolute atomic E-state index is 0.345. The van der Waals surface area contributed by atoms with Crippen LogP contribution >= 0.6 is 0 Å². The van der Waals surface area contributed by atoms with Gasteiger partial charge in [0.05, 0.1) is 0 Å². The molecule has 4 heteroatoms. The van der Waals surface area contributed by atoms with Crippen molar-refractivity contribution in [2.75, 3.05) is 0 Å². The molecule has 0 bridgehead atoms. The van der Waals surface area contributed by atoms with Gasteiger partial charge in [-0.05, 0) is 6.42 Å². The summed E-state index contributed by atoms with van der Waals surface area (Å²) in [7, 11) is 0. The molecule has 0 aromatic rings. The van der Waals surface area contributed by atoms with Crippen LogP contribution in [0.1, 0.15) is 110 Å². The minimum atomic E-state index is -0.653. The number of hydrogen-bond donors (Lipinski definition) is 1. The Labute approximate surface area is 151 Å². The fourth-order valence-corrected chi connectivity index (χ4v) is 2.65. The molecule has 131 valence electrons. The summed E-state index contributed by atoms with van der Waals surface area (Å²) in [6.45, 7) is 2.27. The van der Waals surface area contributed by atoms with E-state index in [4.69, 9.17) is 8.12 Å². The second-order valence-corrected chi connectivity index (χ2v) is 6.09. The molecule has 0 aliphatic heterocycles. The zero-order valence-electron chi connectivity index (χ0n) is 14.5. The molecule has 22 heavy (non-hydrogen) atoms. The van der Waals surface area contributed by atoms with Gasteiger partial charge in [-0.3, -0.25) is 4.79 Å². The first-order chi connectivity index (χ1) is 10.8. The molecule has 0 amide bonds. The Balaban J connectivity index is 0. The van der Waals surface area contributed by atoms with Gasteiger partial charge in [0.15, 0.2) is 0 Å². The molecule has 3 nitrogen and oxygen atoms in total. The van der Waals surface area contributed by atoms with Gasteiger partial charge in [-0.25, -0.2) is 0 Å². The first-order valence-electron chi connectivity index (χ1n) is 9.17. The number of rotatable bonds is 16. The summed E-state index contributed by atoms with van der Waals surface area (Å²) in [6.07, 6.45) is 20.2. The molecule has 0 heterocycles. The number of carboxylic acid groups (broad SMARTS) is 1. The van der Waals surface area contributed by atoms with Gasteiger partial charge in [0.1, 0.15) is 0 Å². The van der Waals surface area contributed by atoms with E-state index in [0.717, 1.165) is 12.8 Å². The van der Waals surface area contributed by atoms with Crippen molar-refractivity contribution in [2.45, 2.75) is 110 Å². The fraction of sp³-hybridized carbons (Fsp3) is 0.944. The van der Waals surface area contributed by atoms with Crippen LogP contribution in [0.25, 0.3) is 0 Å². The van der Waals surface area contributed by atoms with Crippen molar-refractivity contribution < 1.29 is 12.9 Å². The van der Waals surface area contributed by atoms with Crippen molar-refractivity contribution >= 4 is 29.0 Å². The van der Waals surface area contributed by atoms with Crippen LogP contribution in [0, 0.1) is 0 Å². The molecule has 0 saturated heterocycles. The quantitative estimate of drug-likeness (QED) is 0.252. The molecule has 0 aliphatic carbocycles. The van der Waals surface area contributed by atoms with Crippen molar-refractivity contribution in [1.29, 1.82) is 0 Å². The molecule has 0 atom stereocenters. The molecular weight excluding hydrogens is 386 g/mol. The van der Waals surface area contributed by atoms with E-state index >= 15 is 0 Å². The molecule has 0 aromatic heterocycles. The monoisotopic (exact) mass is 421 g/mol. The van der Waals surface area contributed by atoms with Crippen LogP contribution in [0.5, 0.6) is 0 Å². The van der Waals surface area contributed by atoms with Crippen molar-refractivity contribution in [3.63, 3.8) is 0 Å². The van der Waals surface area contributed by atoms with Gasteiger partial charge in [0.25, 0.3) is 0 Å². The third-order valence-electron chi connectivity index (χ3n) is 3.99. The van der Waals surface area contributed by atoms with Gasteiger partial charge in [-0.1, -0.05) is 96.8 Å². The van der Waals surface area contributed by atoms with E-state index in [9.17, 15) is 4.79 Å². The Morgan fingerprint density at radius 2 is 0.909 bits per heavy atom. The summed E-state index contributed by atoms with van der Waals surface area (Å²) < 4.78 is 8.30. The van der Waals surface area contributed by atoms with Crippen LogP contribution in [0.2, 0.25) is 0 Å². The van der Waals surface area contributed by atoms with E-state index < -0.39 is 5.97 Å². The Morgan fingerprint density at radius 3 is 1.18 bits per heavy atom. The summed E-state index contributed by atoms with van der Waals surface area (Å²) in [5, 5.41) is 8.52. The molecule has 0 saturated carbocycles. The fourth-order valence-electron chi connectivity index (χ4n) is 2.65. The summed E-state index contributed by atoms with van der Waals surface area (Å²) >= 11 is 0.500. The Bertz CT molecular complexity index is 222. The van der Waals surface area contributed by atoms with Crippen LogP contribution in [0.3, 0.4) is 0 Å². The van der Waals surface area contributed by atoms with Crippen molar-refractivity contribution in [2.24, 2.45) is 0 Å². The molecule has 1 N–H and O–H groups in total. The summed E-state index contributed by atoms with van der Waals surface area (Å²) in [4.78, 5) is 10.3. The number of carboxylic acids is 1. The first kappa shape index (κ1) is 24.3. The summed E-state index contributed by atoms with van der Waals surface area (Å²) in [5.74, 6) is -0.653. The predicted molar refractivity (Wildman–Crippen MR) is 93.6 cm³/mol. The van der Waals surface area contributed by atoms with E-state index in [2.05, 4.69) is 6.92 Å². The predicted octanol–water partition coefficient (Wildman–Crippen LogP) is 5.83. The Hall–Kier alpha value is 0.0882. The molecule has 1 radical (unpaired) electrons. The molecule has 0 aromatic carbocycles. The van der Waals surface area contributed by atoms with Gasteiger partial charge in [0.2, 0.25) is 0 Å². The van der Waals surface area contributed by atoms with Gasteiger partial charge in [-0.2, -0.15) is 0 Å². The van der Waals surface area contributed by atoms with Crippen molar-refractivity contribution in [3.8, 4) is 0 Å². The summed E-state index contributed by atoms with van der Waals surface area (Å²) in [6, 6.07) is 0. The van der Waals surface area contributed by atoms with Crippen molar-refractivity contribution in [3.05, 3.63) is 0 Å². The number of unbranched alkanes of at least 4 members (excludes halogenated alkanes) is 14. The number of hydrogen-bond acceptors (Lipinski definition) is 2. The van der Waals surface area contributed by atoms with Gasteiger partial charge >= 0.3 is 32.0 Å². The third kappa shape index (κ3) is 25.1. The van der Waals surface area contributed by atoms with Crippen LogP contribution < -0.4 is 0 Å². The average molecular weight is 422 g/mol. The summed E-state index contributed by atoms with van der Waals surface area (Å²) in [5.41, 5.74) is 0. The standard InChI is InChI=1S/C18H36O2.O.Sb/c1-2-3-4-5-6-7-8-9-10-11-12-13-14-15-16-17-18(19)20;;/h2-17H2,1H3,(H,19,20);;. The Kier molecular flexibility index (Phi) is 25.8. The van der Waals surface area contributed by atoms with Crippen LogP contribution in [-0.2, 0) is 7.81 Å². The normalized spacial score (nSPS) is 10.0. The van der Waals surface area contributed by atoms with Crippen molar-refractivity contribution in [1.82, 2.24) is 0 Å². The first-order valence-corrected chi connectivity index (χ1v) is 10.2. The molecular formula is C18H36O3Sb. The van der Waals surface area contributed by atoms with Gasteiger partial charge < -0.3 is 5.11 Å². The maximum absolute atomic E-state index is 10.3. The maximum atomic E-state index is 10.3. The molecule has 0 spiro atoms. The SMILES string of the molecule is CCCCCCCCCCCCCCCCCC(=O)O.[O]=[Sb]. The second-order valence-electron chi connectivity index (χ2n) is 6.09. The van der Waals surface area contributed by atoms with E-state index in [1.807, 2.05) is 0 Å². The number of aliphatic carboxylic acids is 1. The second kappa shape index (κ2) is 23.4. The van der Waals surface area contributed by atoms with E-state index in [1.54, 1.807) is 0 Å². The number of carbonyl (C=O) groups is 1. The molecule has 0 aliphatic rings. The van der Waals surface area contributed by atoms with E-state index in [1.165, 1.54) is 83.5 Å². The van der Waals surface area contributed by atoms with E-state index in [0.29, 0.717) is 29.4 Å².